The Bertz CT molecular complexity index is 561. The van der Waals surface area contributed by atoms with E-state index in [1.165, 1.54) is 6.20 Å². The van der Waals surface area contributed by atoms with E-state index in [1.807, 2.05) is 6.92 Å². The molecule has 1 aliphatic rings. The highest BCUT2D eigenvalue weighted by molar-refractivity contribution is 7.89. The molecule has 0 spiro atoms. The van der Waals surface area contributed by atoms with Gasteiger partial charge in [0.25, 0.3) is 0 Å². The summed E-state index contributed by atoms with van der Waals surface area (Å²) in [5.41, 5.74) is 0.277. The second kappa shape index (κ2) is 6.32. The van der Waals surface area contributed by atoms with E-state index in [-0.39, 0.29) is 10.3 Å². The van der Waals surface area contributed by atoms with Gasteiger partial charge in [-0.15, -0.1) is 0 Å². The third kappa shape index (κ3) is 3.55. The Balaban J connectivity index is 2.12. The van der Waals surface area contributed by atoms with Gasteiger partial charge < -0.3 is 5.32 Å². The lowest BCUT2D eigenvalue weighted by atomic mass is 9.79. The van der Waals surface area contributed by atoms with Crippen LogP contribution in [0.15, 0.2) is 23.2 Å². The molecular weight excluding hydrogens is 286 g/mol. The topological polar surface area (TPSA) is 62.3 Å². The van der Waals surface area contributed by atoms with Crippen LogP contribution in [0.25, 0.3) is 0 Å². The SMILES string of the molecule is CCNc1ccc(S(=O)(=O)N2CCC(C)(CC)CC2)cn1. The van der Waals surface area contributed by atoms with E-state index >= 15 is 0 Å². The Morgan fingerprint density at radius 3 is 2.43 bits per heavy atom. The van der Waals surface area contributed by atoms with Crippen molar-refractivity contribution in [3.05, 3.63) is 18.3 Å². The lowest BCUT2D eigenvalue weighted by molar-refractivity contribution is 0.169. The molecule has 1 aliphatic heterocycles. The van der Waals surface area contributed by atoms with Crippen molar-refractivity contribution >= 4 is 15.8 Å². The minimum Gasteiger partial charge on any atom is -0.370 e. The highest BCUT2D eigenvalue weighted by Crippen LogP contribution is 2.35. The van der Waals surface area contributed by atoms with Crippen LogP contribution in [0.1, 0.15) is 40.0 Å². The van der Waals surface area contributed by atoms with Crippen LogP contribution in [0.2, 0.25) is 0 Å². The number of nitrogens with one attached hydrogen (secondary N) is 1. The van der Waals surface area contributed by atoms with Crippen LogP contribution >= 0.6 is 0 Å². The molecule has 1 saturated heterocycles. The minimum atomic E-state index is -3.41. The number of nitrogens with zero attached hydrogens (tertiary/aromatic N) is 2. The highest BCUT2D eigenvalue weighted by atomic mass is 32.2. The Morgan fingerprint density at radius 1 is 1.29 bits per heavy atom. The van der Waals surface area contributed by atoms with Gasteiger partial charge in [0.1, 0.15) is 10.7 Å². The molecule has 0 amide bonds. The lowest BCUT2D eigenvalue weighted by Crippen LogP contribution is -2.41. The average Bonchev–Trinajstić information content (AvgIpc) is 2.49. The van der Waals surface area contributed by atoms with E-state index in [1.54, 1.807) is 16.4 Å². The van der Waals surface area contributed by atoms with E-state index < -0.39 is 10.0 Å². The van der Waals surface area contributed by atoms with Crippen molar-refractivity contribution in [2.24, 2.45) is 5.41 Å². The summed E-state index contributed by atoms with van der Waals surface area (Å²) in [6, 6.07) is 3.35. The molecular formula is C15H25N3O2S. The molecule has 1 fully saturated rings. The zero-order chi connectivity index (χ0) is 15.5. The van der Waals surface area contributed by atoms with Crippen molar-refractivity contribution in [1.29, 1.82) is 0 Å². The summed E-state index contributed by atoms with van der Waals surface area (Å²) in [7, 11) is -3.41. The maximum absolute atomic E-state index is 12.6. The predicted molar refractivity (Wildman–Crippen MR) is 84.8 cm³/mol. The smallest absolute Gasteiger partial charge is 0.244 e. The Labute approximate surface area is 127 Å². The predicted octanol–water partition coefficient (Wildman–Crippen LogP) is 2.71. The molecule has 0 atom stereocenters. The average molecular weight is 311 g/mol. The van der Waals surface area contributed by atoms with Crippen LogP contribution < -0.4 is 5.32 Å². The fourth-order valence-electron chi connectivity index (χ4n) is 2.59. The van der Waals surface area contributed by atoms with E-state index in [0.29, 0.717) is 18.9 Å². The Kier molecular flexibility index (Phi) is 4.88. The summed E-state index contributed by atoms with van der Waals surface area (Å²) < 4.78 is 26.8. The number of rotatable bonds is 5. The quantitative estimate of drug-likeness (QED) is 0.908. The molecule has 118 valence electrons. The van der Waals surface area contributed by atoms with Crippen molar-refractivity contribution in [3.8, 4) is 0 Å². The molecule has 0 unspecified atom stereocenters. The van der Waals surface area contributed by atoms with Gasteiger partial charge in [0.05, 0.1) is 0 Å². The zero-order valence-electron chi connectivity index (χ0n) is 13.1. The van der Waals surface area contributed by atoms with Gasteiger partial charge >= 0.3 is 0 Å². The maximum atomic E-state index is 12.6. The van der Waals surface area contributed by atoms with Crippen molar-refractivity contribution in [1.82, 2.24) is 9.29 Å². The fraction of sp³-hybridized carbons (Fsp3) is 0.667. The first-order valence-electron chi connectivity index (χ1n) is 7.61. The summed E-state index contributed by atoms with van der Waals surface area (Å²) in [6.45, 7) is 8.35. The Morgan fingerprint density at radius 2 is 1.95 bits per heavy atom. The van der Waals surface area contributed by atoms with Crippen LogP contribution in [0.4, 0.5) is 5.82 Å². The molecule has 1 N–H and O–H groups in total. The molecule has 0 radical (unpaired) electrons. The summed E-state index contributed by atoms with van der Waals surface area (Å²) in [5.74, 6) is 0.702. The maximum Gasteiger partial charge on any atom is 0.244 e. The second-order valence-electron chi connectivity index (χ2n) is 5.98. The van der Waals surface area contributed by atoms with Gasteiger partial charge in [0, 0.05) is 25.8 Å². The second-order valence-corrected chi connectivity index (χ2v) is 7.92. The van der Waals surface area contributed by atoms with Crippen molar-refractivity contribution in [2.75, 3.05) is 25.0 Å². The van der Waals surface area contributed by atoms with Gasteiger partial charge in [0.2, 0.25) is 10.0 Å². The van der Waals surface area contributed by atoms with Crippen LogP contribution in [0, 0.1) is 5.41 Å². The Hall–Kier alpha value is -1.14. The molecule has 21 heavy (non-hydrogen) atoms. The summed E-state index contributed by atoms with van der Waals surface area (Å²) in [5, 5.41) is 3.06. The first-order chi connectivity index (χ1) is 9.91. The van der Waals surface area contributed by atoms with Crippen LogP contribution in [0.3, 0.4) is 0 Å². The first kappa shape index (κ1) is 16.2. The first-order valence-corrected chi connectivity index (χ1v) is 9.05. The van der Waals surface area contributed by atoms with Crippen molar-refractivity contribution in [3.63, 3.8) is 0 Å². The van der Waals surface area contributed by atoms with Crippen LogP contribution in [-0.4, -0.2) is 37.3 Å². The number of hydrogen-bond donors (Lipinski definition) is 1. The molecule has 2 rings (SSSR count). The molecule has 0 saturated carbocycles. The van der Waals surface area contributed by atoms with Gasteiger partial charge in [-0.25, -0.2) is 13.4 Å². The number of piperidine rings is 1. The van der Waals surface area contributed by atoms with Crippen molar-refractivity contribution in [2.45, 2.75) is 44.9 Å². The zero-order valence-corrected chi connectivity index (χ0v) is 13.9. The van der Waals surface area contributed by atoms with E-state index in [2.05, 4.69) is 24.1 Å². The molecule has 0 bridgehead atoms. The highest BCUT2D eigenvalue weighted by Gasteiger charge is 2.34. The van der Waals surface area contributed by atoms with Crippen LogP contribution in [0.5, 0.6) is 0 Å². The van der Waals surface area contributed by atoms with Gasteiger partial charge in [-0.2, -0.15) is 4.31 Å². The summed E-state index contributed by atoms with van der Waals surface area (Å²) in [4.78, 5) is 4.44. The monoisotopic (exact) mass is 311 g/mol. The van der Waals surface area contributed by atoms with Gasteiger partial charge in [0.15, 0.2) is 0 Å². The molecule has 1 aromatic heterocycles. The van der Waals surface area contributed by atoms with Gasteiger partial charge in [-0.1, -0.05) is 20.3 Å². The number of pyridine rings is 1. The van der Waals surface area contributed by atoms with Gasteiger partial charge in [-0.3, -0.25) is 0 Å². The number of anilines is 1. The third-order valence-electron chi connectivity index (χ3n) is 4.52. The molecule has 2 heterocycles. The van der Waals surface area contributed by atoms with Crippen LogP contribution in [-0.2, 0) is 10.0 Å². The standard InChI is InChI=1S/C15H25N3O2S/c1-4-15(3)8-10-18(11-9-15)21(19,20)13-6-7-14(16-5-2)17-12-13/h6-7,12H,4-5,8-11H2,1-3H3,(H,16,17). The molecule has 0 aliphatic carbocycles. The third-order valence-corrected chi connectivity index (χ3v) is 6.40. The molecule has 5 nitrogen and oxygen atoms in total. The number of aromatic nitrogens is 1. The largest absolute Gasteiger partial charge is 0.370 e. The summed E-state index contributed by atoms with van der Waals surface area (Å²) in [6.07, 6.45) is 4.39. The molecule has 6 heteroatoms. The van der Waals surface area contributed by atoms with Gasteiger partial charge in [-0.05, 0) is 37.3 Å². The summed E-state index contributed by atoms with van der Waals surface area (Å²) >= 11 is 0. The van der Waals surface area contributed by atoms with E-state index in [9.17, 15) is 8.42 Å². The normalized spacial score (nSPS) is 19.4. The number of hydrogen-bond acceptors (Lipinski definition) is 4. The lowest BCUT2D eigenvalue weighted by Gasteiger charge is -2.38. The minimum absolute atomic E-state index is 0.277. The molecule has 1 aromatic rings. The molecule has 0 aromatic carbocycles. The number of sulfonamides is 1. The van der Waals surface area contributed by atoms with E-state index in [4.69, 9.17) is 0 Å². The fourth-order valence-corrected chi connectivity index (χ4v) is 3.97. The van der Waals surface area contributed by atoms with E-state index in [0.717, 1.165) is 25.8 Å². The van der Waals surface area contributed by atoms with Crippen molar-refractivity contribution < 1.29 is 8.42 Å².